The Morgan fingerprint density at radius 1 is 1.32 bits per heavy atom. The Kier molecular flexibility index (Phi) is 6.67. The molecule has 7 heteroatoms. The van der Waals surface area contributed by atoms with Crippen LogP contribution in [0.15, 0.2) is 24.3 Å². The van der Waals surface area contributed by atoms with Crippen molar-refractivity contribution in [3.63, 3.8) is 0 Å². The van der Waals surface area contributed by atoms with Crippen LogP contribution >= 0.6 is 0 Å². The zero-order chi connectivity index (χ0) is 15.1. The number of hydrogen-bond acceptors (Lipinski definition) is 6. The third kappa shape index (κ3) is 8.70. The number of carbonyl (C=O) groups is 3. The number of aliphatic hydroxyl groups is 2. The first kappa shape index (κ1) is 17.0. The van der Waals surface area contributed by atoms with Gasteiger partial charge in [0, 0.05) is 25.0 Å². The normalized spacial score (nSPS) is 11.3. The first-order valence-corrected chi connectivity index (χ1v) is 5.41. The Labute approximate surface area is 109 Å². The fourth-order valence-corrected chi connectivity index (χ4v) is 1.15. The van der Waals surface area contributed by atoms with Gasteiger partial charge < -0.3 is 20.1 Å². The number of carboxylic acid groups (broad SMARTS) is 1. The molecule has 106 valence electrons. The Bertz CT molecular complexity index is 406. The van der Waals surface area contributed by atoms with Crippen LogP contribution in [0.3, 0.4) is 0 Å². The maximum absolute atomic E-state index is 11.2. The molecule has 7 nitrogen and oxygen atoms in total. The van der Waals surface area contributed by atoms with Gasteiger partial charge in [0.25, 0.3) is 0 Å². The van der Waals surface area contributed by atoms with Crippen molar-refractivity contribution in [1.29, 1.82) is 0 Å². The Morgan fingerprint density at radius 3 is 2.37 bits per heavy atom. The second-order valence-corrected chi connectivity index (χ2v) is 3.89. The number of esters is 2. The van der Waals surface area contributed by atoms with E-state index in [1.807, 2.05) is 0 Å². The minimum absolute atomic E-state index is 0.0215. The fourth-order valence-electron chi connectivity index (χ4n) is 1.15. The molecule has 0 aliphatic rings. The lowest BCUT2D eigenvalue weighted by Crippen LogP contribution is -2.25. The van der Waals surface area contributed by atoms with Gasteiger partial charge in [-0.3, -0.25) is 4.79 Å². The quantitative estimate of drug-likeness (QED) is 0.260. The van der Waals surface area contributed by atoms with Crippen molar-refractivity contribution in [2.75, 3.05) is 0 Å². The van der Waals surface area contributed by atoms with Crippen LogP contribution in [0.2, 0.25) is 0 Å². The molecule has 0 aromatic rings. The SMILES string of the molecule is C=C(CCCC(O)(O)C=CC(=O)O)C(=O)OC(C)=O. The molecule has 0 aliphatic heterocycles. The Hall–Kier alpha value is -1.99. The van der Waals surface area contributed by atoms with E-state index in [4.69, 9.17) is 5.11 Å². The summed E-state index contributed by atoms with van der Waals surface area (Å²) in [6, 6.07) is 0. The lowest BCUT2D eigenvalue weighted by molar-refractivity contribution is -0.155. The van der Waals surface area contributed by atoms with E-state index in [1.165, 1.54) is 0 Å². The summed E-state index contributed by atoms with van der Waals surface area (Å²) in [6.07, 6.45) is 1.40. The van der Waals surface area contributed by atoms with Gasteiger partial charge in [-0.15, -0.1) is 0 Å². The first-order valence-electron chi connectivity index (χ1n) is 5.41. The van der Waals surface area contributed by atoms with E-state index in [0.717, 1.165) is 13.0 Å². The highest BCUT2D eigenvalue weighted by atomic mass is 16.6. The fraction of sp³-hybridized carbons (Fsp3) is 0.417. The predicted molar refractivity (Wildman–Crippen MR) is 63.7 cm³/mol. The molecule has 0 heterocycles. The van der Waals surface area contributed by atoms with Crippen LogP contribution in [0.4, 0.5) is 0 Å². The van der Waals surface area contributed by atoms with Gasteiger partial charge >= 0.3 is 17.9 Å². The number of hydrogen-bond donors (Lipinski definition) is 3. The summed E-state index contributed by atoms with van der Waals surface area (Å²) >= 11 is 0. The van der Waals surface area contributed by atoms with Crippen molar-refractivity contribution in [2.45, 2.75) is 32.0 Å². The average molecular weight is 272 g/mol. The lowest BCUT2D eigenvalue weighted by Gasteiger charge is -2.16. The molecule has 0 bridgehead atoms. The topological polar surface area (TPSA) is 121 Å². The highest BCUT2D eigenvalue weighted by Crippen LogP contribution is 2.15. The Morgan fingerprint density at radius 2 is 1.89 bits per heavy atom. The number of carboxylic acids is 1. The maximum atomic E-state index is 11.2. The van der Waals surface area contributed by atoms with Crippen LogP contribution in [-0.2, 0) is 19.1 Å². The lowest BCUT2D eigenvalue weighted by atomic mass is 10.0. The highest BCUT2D eigenvalue weighted by molar-refractivity contribution is 5.95. The van der Waals surface area contributed by atoms with Gasteiger partial charge in [0.05, 0.1) is 0 Å². The van der Waals surface area contributed by atoms with Gasteiger partial charge in [0.2, 0.25) is 0 Å². The third-order valence-corrected chi connectivity index (χ3v) is 2.04. The zero-order valence-corrected chi connectivity index (χ0v) is 10.5. The number of rotatable bonds is 7. The number of aliphatic carboxylic acids is 1. The van der Waals surface area contributed by atoms with Gasteiger partial charge in [0.1, 0.15) is 0 Å². The van der Waals surface area contributed by atoms with E-state index < -0.39 is 23.7 Å². The second-order valence-electron chi connectivity index (χ2n) is 3.89. The first-order chi connectivity index (χ1) is 8.64. The molecule has 0 radical (unpaired) electrons. The number of carbonyl (C=O) groups excluding carboxylic acids is 2. The zero-order valence-electron chi connectivity index (χ0n) is 10.5. The summed E-state index contributed by atoms with van der Waals surface area (Å²) in [5.74, 6) is -5.20. The summed E-state index contributed by atoms with van der Waals surface area (Å²) in [4.78, 5) is 31.9. The molecule has 0 amide bonds. The molecule has 0 rings (SSSR count). The molecule has 0 aromatic carbocycles. The molecule has 0 fully saturated rings. The highest BCUT2D eigenvalue weighted by Gasteiger charge is 2.20. The molecule has 0 unspecified atom stereocenters. The summed E-state index contributed by atoms with van der Waals surface area (Å²) < 4.78 is 4.28. The van der Waals surface area contributed by atoms with Crippen molar-refractivity contribution in [1.82, 2.24) is 0 Å². The van der Waals surface area contributed by atoms with Crippen molar-refractivity contribution in [3.05, 3.63) is 24.3 Å². The second kappa shape index (κ2) is 7.45. The van der Waals surface area contributed by atoms with Crippen LogP contribution in [0.1, 0.15) is 26.2 Å². The molecular weight excluding hydrogens is 256 g/mol. The van der Waals surface area contributed by atoms with Crippen molar-refractivity contribution < 1.29 is 34.4 Å². The van der Waals surface area contributed by atoms with Gasteiger partial charge in [-0.05, 0) is 18.9 Å². The molecule has 3 N–H and O–H groups in total. The minimum atomic E-state index is -2.27. The van der Waals surface area contributed by atoms with E-state index in [-0.39, 0.29) is 24.8 Å². The van der Waals surface area contributed by atoms with Crippen LogP contribution in [0.25, 0.3) is 0 Å². The molecule has 0 spiro atoms. The predicted octanol–water partition coefficient (Wildman–Crippen LogP) is 0.124. The molecule has 0 saturated carbocycles. The maximum Gasteiger partial charge on any atom is 0.341 e. The standard InChI is InChI=1S/C12H16O7/c1-8(11(16)19-9(2)13)4-3-6-12(17,18)7-5-10(14)15/h5,7,17-18H,1,3-4,6H2,2H3,(H,14,15). The molecular formula is C12H16O7. The minimum Gasteiger partial charge on any atom is -0.478 e. The largest absolute Gasteiger partial charge is 0.478 e. The van der Waals surface area contributed by atoms with Crippen LogP contribution in [0, 0.1) is 0 Å². The van der Waals surface area contributed by atoms with E-state index in [2.05, 4.69) is 11.3 Å². The van der Waals surface area contributed by atoms with Gasteiger partial charge in [0.15, 0.2) is 5.79 Å². The monoisotopic (exact) mass is 272 g/mol. The summed E-state index contributed by atoms with van der Waals surface area (Å²) in [7, 11) is 0. The average Bonchev–Trinajstić information content (AvgIpc) is 2.25. The van der Waals surface area contributed by atoms with E-state index in [9.17, 15) is 24.6 Å². The van der Waals surface area contributed by atoms with E-state index in [1.54, 1.807) is 0 Å². The van der Waals surface area contributed by atoms with Crippen molar-refractivity contribution in [2.24, 2.45) is 0 Å². The van der Waals surface area contributed by atoms with Crippen LogP contribution < -0.4 is 0 Å². The third-order valence-electron chi connectivity index (χ3n) is 2.04. The van der Waals surface area contributed by atoms with Gasteiger partial charge in [-0.25, -0.2) is 9.59 Å². The van der Waals surface area contributed by atoms with Gasteiger partial charge in [-0.1, -0.05) is 6.58 Å². The molecule has 0 aromatic heterocycles. The molecule has 0 aliphatic carbocycles. The van der Waals surface area contributed by atoms with E-state index in [0.29, 0.717) is 6.08 Å². The van der Waals surface area contributed by atoms with E-state index >= 15 is 0 Å². The van der Waals surface area contributed by atoms with Gasteiger partial charge in [-0.2, -0.15) is 0 Å². The van der Waals surface area contributed by atoms with Crippen LogP contribution in [0.5, 0.6) is 0 Å². The number of ether oxygens (including phenoxy) is 1. The summed E-state index contributed by atoms with van der Waals surface area (Å²) in [5, 5.41) is 27.1. The van der Waals surface area contributed by atoms with Crippen molar-refractivity contribution in [3.8, 4) is 0 Å². The smallest absolute Gasteiger partial charge is 0.341 e. The molecule has 19 heavy (non-hydrogen) atoms. The molecule has 0 atom stereocenters. The summed E-state index contributed by atoms with van der Waals surface area (Å²) in [6.45, 7) is 4.48. The Balaban J connectivity index is 4.15. The van der Waals surface area contributed by atoms with Crippen LogP contribution in [-0.4, -0.2) is 39.0 Å². The van der Waals surface area contributed by atoms with Crippen molar-refractivity contribution >= 4 is 17.9 Å². The molecule has 0 saturated heterocycles. The summed E-state index contributed by atoms with van der Waals surface area (Å²) in [5.41, 5.74) is 0.0215.